The summed E-state index contributed by atoms with van der Waals surface area (Å²) in [7, 11) is 3.30. The van der Waals surface area contributed by atoms with Gasteiger partial charge in [-0.15, -0.1) is 0 Å². The lowest BCUT2D eigenvalue weighted by atomic mass is 10.1. The van der Waals surface area contributed by atoms with Gasteiger partial charge in [0.15, 0.2) is 17.3 Å². The van der Waals surface area contributed by atoms with Crippen molar-refractivity contribution >= 4 is 5.78 Å². The zero-order valence-electron chi connectivity index (χ0n) is 11.1. The van der Waals surface area contributed by atoms with Crippen LogP contribution in [0.3, 0.4) is 0 Å². The Kier molecular flexibility index (Phi) is 3.56. The molecule has 0 saturated carbocycles. The highest BCUT2D eigenvalue weighted by Crippen LogP contribution is 2.48. The summed E-state index contributed by atoms with van der Waals surface area (Å²) in [6.45, 7) is 0. The van der Waals surface area contributed by atoms with Crippen LogP contribution < -0.4 is 9.47 Å². The summed E-state index contributed by atoms with van der Waals surface area (Å²) in [4.78, 5) is 13.5. The van der Waals surface area contributed by atoms with Crippen molar-refractivity contribution in [3.63, 3.8) is 0 Å². The molecule has 21 heavy (non-hydrogen) atoms. The Balaban J connectivity index is 2.43. The first-order valence-electron chi connectivity index (χ1n) is 5.80. The minimum atomic E-state index is -4.86. The van der Waals surface area contributed by atoms with Crippen LogP contribution in [0.5, 0.6) is 11.5 Å². The normalized spacial score (nSPS) is 18.6. The SMILES string of the molecule is CN(C)/C=C/C(=O)c1cccc2c1OC(F)(F)C(F)(F)O2. The van der Waals surface area contributed by atoms with Crippen LogP contribution in [-0.2, 0) is 0 Å². The van der Waals surface area contributed by atoms with Gasteiger partial charge in [-0.3, -0.25) is 4.79 Å². The number of rotatable bonds is 3. The molecule has 0 aromatic heterocycles. The fraction of sp³-hybridized carbons (Fsp3) is 0.308. The molecule has 0 spiro atoms. The van der Waals surface area contributed by atoms with Crippen molar-refractivity contribution in [1.29, 1.82) is 0 Å². The summed E-state index contributed by atoms with van der Waals surface area (Å²) in [5.74, 6) is -2.00. The standard InChI is InChI=1S/C13H11F4NO3/c1-18(2)7-6-9(19)8-4-3-5-10-11(8)21-13(16,17)12(14,15)20-10/h3-7H,1-2H3/b7-6+. The molecule has 1 aliphatic rings. The van der Waals surface area contributed by atoms with Gasteiger partial charge in [0.2, 0.25) is 0 Å². The Labute approximate surface area is 117 Å². The van der Waals surface area contributed by atoms with E-state index in [0.29, 0.717) is 0 Å². The molecule has 4 nitrogen and oxygen atoms in total. The summed E-state index contributed by atoms with van der Waals surface area (Å²) in [5, 5.41) is 0. The number of ketones is 1. The minimum absolute atomic E-state index is 0.291. The van der Waals surface area contributed by atoms with Crippen molar-refractivity contribution in [1.82, 2.24) is 4.90 Å². The lowest BCUT2D eigenvalue weighted by molar-refractivity contribution is -0.391. The molecule has 1 heterocycles. The maximum absolute atomic E-state index is 13.2. The van der Waals surface area contributed by atoms with Gasteiger partial charge in [-0.1, -0.05) is 6.07 Å². The molecule has 2 rings (SSSR count). The number of hydrogen-bond donors (Lipinski definition) is 0. The van der Waals surface area contributed by atoms with Crippen molar-refractivity contribution in [2.24, 2.45) is 0 Å². The molecule has 0 bridgehead atoms. The lowest BCUT2D eigenvalue weighted by Crippen LogP contribution is -2.52. The van der Waals surface area contributed by atoms with Crippen molar-refractivity contribution < 1.29 is 31.8 Å². The first kappa shape index (κ1) is 15.1. The molecule has 0 atom stereocenters. The van der Waals surface area contributed by atoms with Crippen molar-refractivity contribution in [3.05, 3.63) is 36.0 Å². The van der Waals surface area contributed by atoms with Gasteiger partial charge in [0, 0.05) is 26.4 Å². The molecular weight excluding hydrogens is 294 g/mol. The van der Waals surface area contributed by atoms with Gasteiger partial charge in [0.25, 0.3) is 0 Å². The molecule has 0 radical (unpaired) electrons. The number of halogens is 4. The van der Waals surface area contributed by atoms with Gasteiger partial charge < -0.3 is 14.4 Å². The summed E-state index contributed by atoms with van der Waals surface area (Å²) in [5.41, 5.74) is -0.291. The van der Waals surface area contributed by atoms with E-state index in [1.165, 1.54) is 18.3 Å². The van der Waals surface area contributed by atoms with E-state index < -0.39 is 29.5 Å². The minimum Gasteiger partial charge on any atom is -0.421 e. The number of alkyl halides is 4. The number of ether oxygens (including phenoxy) is 2. The van der Waals surface area contributed by atoms with E-state index in [1.807, 2.05) is 0 Å². The number of para-hydroxylation sites is 1. The number of hydrogen-bond acceptors (Lipinski definition) is 4. The van der Waals surface area contributed by atoms with Crippen LogP contribution in [0.1, 0.15) is 10.4 Å². The summed E-state index contributed by atoms with van der Waals surface area (Å²) >= 11 is 0. The van der Waals surface area contributed by atoms with Gasteiger partial charge >= 0.3 is 12.2 Å². The van der Waals surface area contributed by atoms with Crippen LogP contribution in [0.15, 0.2) is 30.5 Å². The van der Waals surface area contributed by atoms with Gasteiger partial charge in [0.05, 0.1) is 5.56 Å². The highest BCUT2D eigenvalue weighted by molar-refractivity contribution is 6.07. The highest BCUT2D eigenvalue weighted by atomic mass is 19.3. The molecule has 1 aromatic rings. The molecule has 0 N–H and O–H groups in total. The molecule has 0 aliphatic carbocycles. The second-order valence-electron chi connectivity index (χ2n) is 4.51. The predicted molar refractivity (Wildman–Crippen MR) is 64.7 cm³/mol. The second kappa shape index (κ2) is 4.94. The number of carbonyl (C=O) groups is 1. The third-order valence-electron chi connectivity index (χ3n) is 2.58. The molecule has 0 saturated heterocycles. The lowest BCUT2D eigenvalue weighted by Gasteiger charge is -2.32. The highest BCUT2D eigenvalue weighted by Gasteiger charge is 2.66. The predicted octanol–water partition coefficient (Wildman–Crippen LogP) is 2.90. The van der Waals surface area contributed by atoms with Crippen molar-refractivity contribution in [2.45, 2.75) is 12.2 Å². The number of fused-ring (bicyclic) bond motifs is 1. The fourth-order valence-electron chi connectivity index (χ4n) is 1.59. The van der Waals surface area contributed by atoms with E-state index in [0.717, 1.165) is 12.1 Å². The largest absolute Gasteiger partial charge is 0.507 e. The average Bonchev–Trinajstić information content (AvgIpc) is 2.36. The second-order valence-corrected chi connectivity index (χ2v) is 4.51. The van der Waals surface area contributed by atoms with Gasteiger partial charge in [0.1, 0.15) is 0 Å². The number of benzene rings is 1. The van der Waals surface area contributed by atoms with E-state index in [-0.39, 0.29) is 5.56 Å². The smallest absolute Gasteiger partial charge is 0.421 e. The summed E-state index contributed by atoms with van der Waals surface area (Å²) in [6.07, 6.45) is -7.18. The fourth-order valence-corrected chi connectivity index (χ4v) is 1.59. The van der Waals surface area contributed by atoms with Crippen LogP contribution in [0, 0.1) is 0 Å². The molecule has 0 fully saturated rings. The summed E-state index contributed by atoms with van der Waals surface area (Å²) in [6, 6.07) is 3.44. The maximum atomic E-state index is 13.2. The molecular formula is C13H11F4NO3. The van der Waals surface area contributed by atoms with Crippen LogP contribution in [-0.4, -0.2) is 37.0 Å². The number of carbonyl (C=O) groups excluding carboxylic acids is 1. The first-order valence-corrected chi connectivity index (χ1v) is 5.80. The number of nitrogens with zero attached hydrogens (tertiary/aromatic N) is 1. The quantitative estimate of drug-likeness (QED) is 0.489. The average molecular weight is 305 g/mol. The van der Waals surface area contributed by atoms with Crippen molar-refractivity contribution in [3.8, 4) is 11.5 Å². The van der Waals surface area contributed by atoms with Gasteiger partial charge in [-0.25, -0.2) is 0 Å². The van der Waals surface area contributed by atoms with E-state index in [2.05, 4.69) is 9.47 Å². The summed E-state index contributed by atoms with van der Waals surface area (Å²) < 4.78 is 60.4. The van der Waals surface area contributed by atoms with Crippen LogP contribution in [0.25, 0.3) is 0 Å². The Morgan fingerprint density at radius 1 is 1.14 bits per heavy atom. The van der Waals surface area contributed by atoms with E-state index in [4.69, 9.17) is 0 Å². The van der Waals surface area contributed by atoms with E-state index in [9.17, 15) is 22.4 Å². The monoisotopic (exact) mass is 305 g/mol. The Bertz CT molecular complexity index is 599. The molecule has 114 valence electrons. The Morgan fingerprint density at radius 3 is 2.38 bits per heavy atom. The van der Waals surface area contributed by atoms with Crippen LogP contribution in [0.2, 0.25) is 0 Å². The molecule has 0 unspecified atom stereocenters. The third kappa shape index (κ3) is 2.79. The topological polar surface area (TPSA) is 38.8 Å². The third-order valence-corrected chi connectivity index (χ3v) is 2.58. The van der Waals surface area contributed by atoms with Gasteiger partial charge in [-0.05, 0) is 12.1 Å². The van der Waals surface area contributed by atoms with Crippen LogP contribution >= 0.6 is 0 Å². The Morgan fingerprint density at radius 2 is 1.76 bits per heavy atom. The zero-order chi connectivity index (χ0) is 15.8. The number of allylic oxidation sites excluding steroid dienone is 1. The first-order chi connectivity index (χ1) is 9.64. The molecule has 0 amide bonds. The maximum Gasteiger partial charge on any atom is 0.507 e. The molecule has 1 aliphatic heterocycles. The molecule has 1 aromatic carbocycles. The molecule has 8 heteroatoms. The zero-order valence-corrected chi connectivity index (χ0v) is 11.1. The van der Waals surface area contributed by atoms with Crippen LogP contribution in [0.4, 0.5) is 17.6 Å². The van der Waals surface area contributed by atoms with Crippen molar-refractivity contribution in [2.75, 3.05) is 14.1 Å². The Hall–Kier alpha value is -2.25. The van der Waals surface area contributed by atoms with E-state index >= 15 is 0 Å². The van der Waals surface area contributed by atoms with Gasteiger partial charge in [-0.2, -0.15) is 17.6 Å². The van der Waals surface area contributed by atoms with E-state index in [1.54, 1.807) is 19.0 Å².